The van der Waals surface area contributed by atoms with Gasteiger partial charge in [-0.3, -0.25) is 10.1 Å². The Kier molecular flexibility index (Phi) is 5.10. The number of anilines is 1. The van der Waals surface area contributed by atoms with Crippen molar-refractivity contribution in [3.8, 4) is 0 Å². The minimum atomic E-state index is -1.08. The molecule has 0 aromatic heterocycles. The Balaban J connectivity index is 3.25. The summed E-state index contributed by atoms with van der Waals surface area (Å²) in [6, 6.07) is 2.97. The molecular formula is C13H17BrN2O4. The first-order chi connectivity index (χ1) is 9.27. The summed E-state index contributed by atoms with van der Waals surface area (Å²) in [7, 11) is 0. The average Bonchev–Trinajstić information content (AvgIpc) is 2.38. The number of nitro groups is 1. The van der Waals surface area contributed by atoms with E-state index < -0.39 is 16.4 Å². The van der Waals surface area contributed by atoms with Crippen LogP contribution >= 0.6 is 15.9 Å². The van der Waals surface area contributed by atoms with Crippen LogP contribution in [0.5, 0.6) is 0 Å². The summed E-state index contributed by atoms with van der Waals surface area (Å²) in [5.41, 5.74) is -0.0619. The van der Waals surface area contributed by atoms with E-state index in [4.69, 9.17) is 0 Å². The van der Waals surface area contributed by atoms with Crippen LogP contribution in [0.1, 0.15) is 32.3 Å². The monoisotopic (exact) mass is 344 g/mol. The number of nitrogens with one attached hydrogen (secondary N) is 1. The SMILES string of the molecule is CCC(CC)(Nc1cc(C)c([N+](=O)[O-])cc1Br)C(=O)O. The minimum Gasteiger partial charge on any atom is -0.480 e. The van der Waals surface area contributed by atoms with Gasteiger partial charge in [0.05, 0.1) is 10.6 Å². The molecule has 20 heavy (non-hydrogen) atoms. The zero-order chi connectivity index (χ0) is 15.5. The van der Waals surface area contributed by atoms with Crippen molar-refractivity contribution < 1.29 is 14.8 Å². The lowest BCUT2D eigenvalue weighted by atomic mass is 9.92. The van der Waals surface area contributed by atoms with E-state index in [9.17, 15) is 20.0 Å². The largest absolute Gasteiger partial charge is 0.480 e. The van der Waals surface area contributed by atoms with E-state index in [1.807, 2.05) is 0 Å². The molecule has 0 unspecified atom stereocenters. The van der Waals surface area contributed by atoms with Gasteiger partial charge in [0.2, 0.25) is 0 Å². The normalized spacial score (nSPS) is 11.2. The van der Waals surface area contributed by atoms with Gasteiger partial charge in [-0.25, -0.2) is 4.79 Å². The number of hydrogen-bond donors (Lipinski definition) is 2. The second kappa shape index (κ2) is 6.21. The van der Waals surface area contributed by atoms with E-state index >= 15 is 0 Å². The molecule has 1 aromatic rings. The number of carboxylic acids is 1. The number of carboxylic acid groups (broad SMARTS) is 1. The first kappa shape index (κ1) is 16.4. The van der Waals surface area contributed by atoms with E-state index in [0.717, 1.165) is 0 Å². The van der Waals surface area contributed by atoms with Gasteiger partial charge < -0.3 is 10.4 Å². The molecule has 0 atom stereocenters. The molecule has 6 nitrogen and oxygen atoms in total. The van der Waals surface area contributed by atoms with Crippen LogP contribution < -0.4 is 5.32 Å². The Morgan fingerprint density at radius 1 is 1.45 bits per heavy atom. The fourth-order valence-corrected chi connectivity index (χ4v) is 2.43. The maximum Gasteiger partial charge on any atom is 0.329 e. The summed E-state index contributed by atoms with van der Waals surface area (Å²) in [6.45, 7) is 5.20. The number of halogens is 1. The first-order valence-electron chi connectivity index (χ1n) is 6.23. The smallest absolute Gasteiger partial charge is 0.329 e. The number of benzene rings is 1. The molecule has 1 aromatic carbocycles. The highest BCUT2D eigenvalue weighted by Crippen LogP contribution is 2.33. The van der Waals surface area contributed by atoms with Crippen LogP contribution in [-0.4, -0.2) is 21.5 Å². The summed E-state index contributed by atoms with van der Waals surface area (Å²) in [5, 5.41) is 23.3. The highest BCUT2D eigenvalue weighted by Gasteiger charge is 2.35. The van der Waals surface area contributed by atoms with E-state index in [1.54, 1.807) is 26.8 Å². The van der Waals surface area contributed by atoms with Gasteiger partial charge in [-0.15, -0.1) is 0 Å². The molecule has 0 aliphatic carbocycles. The van der Waals surface area contributed by atoms with Crippen LogP contribution in [-0.2, 0) is 4.79 Å². The molecule has 7 heteroatoms. The zero-order valence-corrected chi connectivity index (χ0v) is 13.2. The third-order valence-corrected chi connectivity index (χ3v) is 4.13. The quantitative estimate of drug-likeness (QED) is 0.605. The average molecular weight is 345 g/mol. The number of nitro benzene ring substituents is 1. The number of carbonyl (C=O) groups is 1. The number of nitrogens with zero attached hydrogens (tertiary/aromatic N) is 1. The maximum absolute atomic E-state index is 11.5. The third kappa shape index (κ3) is 3.09. The molecule has 1 rings (SSSR count). The Bertz CT molecular complexity index is 541. The van der Waals surface area contributed by atoms with E-state index in [0.29, 0.717) is 28.6 Å². The molecule has 2 N–H and O–H groups in total. The molecule has 0 saturated carbocycles. The van der Waals surface area contributed by atoms with Gasteiger partial charge in [0.15, 0.2) is 0 Å². The zero-order valence-electron chi connectivity index (χ0n) is 11.6. The fourth-order valence-electron chi connectivity index (χ4n) is 2.00. The maximum atomic E-state index is 11.5. The van der Waals surface area contributed by atoms with Crippen molar-refractivity contribution in [3.05, 3.63) is 32.3 Å². The molecule has 0 fully saturated rings. The highest BCUT2D eigenvalue weighted by molar-refractivity contribution is 9.10. The van der Waals surface area contributed by atoms with Crippen LogP contribution in [0.3, 0.4) is 0 Å². The lowest BCUT2D eigenvalue weighted by Crippen LogP contribution is -2.45. The van der Waals surface area contributed by atoms with E-state index in [1.165, 1.54) is 6.07 Å². The molecule has 0 saturated heterocycles. The van der Waals surface area contributed by atoms with Gasteiger partial charge >= 0.3 is 5.97 Å². The van der Waals surface area contributed by atoms with Crippen molar-refractivity contribution in [1.82, 2.24) is 0 Å². The Labute approximate surface area is 125 Å². The predicted molar refractivity (Wildman–Crippen MR) is 80.1 cm³/mol. The standard InChI is InChI=1S/C13H17BrN2O4/c1-4-13(5-2,12(17)18)15-10-6-8(3)11(16(19)20)7-9(10)14/h6-7,15H,4-5H2,1-3H3,(H,17,18). The second-order valence-corrected chi connectivity index (χ2v) is 5.45. The summed E-state index contributed by atoms with van der Waals surface area (Å²) in [4.78, 5) is 21.9. The molecule has 0 aliphatic rings. The lowest BCUT2D eigenvalue weighted by molar-refractivity contribution is -0.385. The molecular weight excluding hydrogens is 328 g/mol. The topological polar surface area (TPSA) is 92.5 Å². The van der Waals surface area contributed by atoms with Gasteiger partial charge in [0, 0.05) is 16.1 Å². The van der Waals surface area contributed by atoms with Crippen molar-refractivity contribution in [2.24, 2.45) is 0 Å². The Hall–Kier alpha value is -1.63. The van der Waals surface area contributed by atoms with Gasteiger partial charge in [-0.2, -0.15) is 0 Å². The Morgan fingerprint density at radius 2 is 2.00 bits per heavy atom. The lowest BCUT2D eigenvalue weighted by Gasteiger charge is -2.29. The van der Waals surface area contributed by atoms with Gasteiger partial charge in [0.25, 0.3) is 5.69 Å². The van der Waals surface area contributed by atoms with Crippen molar-refractivity contribution in [2.45, 2.75) is 39.2 Å². The van der Waals surface area contributed by atoms with E-state index in [-0.39, 0.29) is 5.69 Å². The summed E-state index contributed by atoms with van der Waals surface area (Å²) >= 11 is 3.25. The van der Waals surface area contributed by atoms with Gasteiger partial charge in [-0.05, 0) is 41.8 Å². The number of aliphatic carboxylic acids is 1. The van der Waals surface area contributed by atoms with Crippen LogP contribution in [0.25, 0.3) is 0 Å². The van der Waals surface area contributed by atoms with Crippen molar-refractivity contribution in [2.75, 3.05) is 5.32 Å². The number of aryl methyl sites for hydroxylation is 1. The molecule has 110 valence electrons. The molecule has 0 bridgehead atoms. The number of rotatable bonds is 6. The minimum absolute atomic E-state index is 0.00338. The van der Waals surface area contributed by atoms with Crippen molar-refractivity contribution >= 4 is 33.3 Å². The molecule has 0 radical (unpaired) electrons. The van der Waals surface area contributed by atoms with E-state index in [2.05, 4.69) is 21.2 Å². The second-order valence-electron chi connectivity index (χ2n) is 4.60. The van der Waals surface area contributed by atoms with Crippen LogP contribution in [0, 0.1) is 17.0 Å². The van der Waals surface area contributed by atoms with Crippen molar-refractivity contribution in [3.63, 3.8) is 0 Å². The van der Waals surface area contributed by atoms with Crippen LogP contribution in [0.2, 0.25) is 0 Å². The fraction of sp³-hybridized carbons (Fsp3) is 0.462. The van der Waals surface area contributed by atoms with Crippen molar-refractivity contribution in [1.29, 1.82) is 0 Å². The van der Waals surface area contributed by atoms with Crippen LogP contribution in [0.15, 0.2) is 16.6 Å². The predicted octanol–water partition coefficient (Wildman–Crippen LogP) is 3.72. The molecule has 0 spiro atoms. The van der Waals surface area contributed by atoms with Gasteiger partial charge in [0.1, 0.15) is 5.54 Å². The molecule has 0 heterocycles. The third-order valence-electron chi connectivity index (χ3n) is 3.47. The summed E-state index contributed by atoms with van der Waals surface area (Å²) in [6.07, 6.45) is 0.808. The first-order valence-corrected chi connectivity index (χ1v) is 7.02. The Morgan fingerprint density at radius 3 is 2.40 bits per heavy atom. The summed E-state index contributed by atoms with van der Waals surface area (Å²) in [5.74, 6) is -0.939. The number of hydrogen-bond acceptors (Lipinski definition) is 4. The van der Waals surface area contributed by atoms with Crippen LogP contribution in [0.4, 0.5) is 11.4 Å². The summed E-state index contributed by atoms with van der Waals surface area (Å²) < 4.78 is 0.474. The highest BCUT2D eigenvalue weighted by atomic mass is 79.9. The molecule has 0 aliphatic heterocycles. The molecule has 0 amide bonds. The van der Waals surface area contributed by atoms with Gasteiger partial charge in [-0.1, -0.05) is 13.8 Å².